The van der Waals surface area contributed by atoms with Gasteiger partial charge in [-0.3, -0.25) is 9.59 Å². The molecule has 3 rings (SSSR count). The average molecular weight is 388 g/mol. The van der Waals surface area contributed by atoms with Gasteiger partial charge in [0.05, 0.1) is 25.3 Å². The van der Waals surface area contributed by atoms with E-state index in [4.69, 9.17) is 9.47 Å². The summed E-state index contributed by atoms with van der Waals surface area (Å²) >= 11 is 0. The van der Waals surface area contributed by atoms with Gasteiger partial charge in [-0.2, -0.15) is 4.98 Å². The first-order valence-corrected chi connectivity index (χ1v) is 9.01. The minimum atomic E-state index is -0.557. The number of nitrogens with zero attached hydrogens (tertiary/aromatic N) is 3. The lowest BCUT2D eigenvalue weighted by atomic mass is 10.1. The molecule has 0 bridgehead atoms. The first-order chi connectivity index (χ1) is 13.5. The second kappa shape index (κ2) is 8.64. The van der Waals surface area contributed by atoms with Gasteiger partial charge in [-0.15, -0.1) is 0 Å². The van der Waals surface area contributed by atoms with Crippen LogP contribution >= 0.6 is 0 Å². The lowest BCUT2D eigenvalue weighted by molar-refractivity contribution is -0.122. The molecule has 1 saturated heterocycles. The van der Waals surface area contributed by atoms with Crippen molar-refractivity contribution in [3.63, 3.8) is 0 Å². The van der Waals surface area contributed by atoms with Crippen LogP contribution in [0.25, 0.3) is 0 Å². The maximum absolute atomic E-state index is 13.1. The van der Waals surface area contributed by atoms with Crippen molar-refractivity contribution < 1.29 is 23.5 Å². The molecule has 148 valence electrons. The standard InChI is InChI=1S/C19H21FN4O4/c1-3-27-18-15(10-21-19(23-18)28-4-2)22-17(26)12-9-16(25)24(11-12)14-7-5-13(20)6-8-14/h5-8,10,12H,3-4,9,11H2,1-2H3,(H,22,26). The molecule has 2 heterocycles. The van der Waals surface area contributed by atoms with Crippen LogP contribution in [0.5, 0.6) is 11.9 Å². The van der Waals surface area contributed by atoms with Gasteiger partial charge in [0, 0.05) is 18.7 Å². The number of aromatic nitrogens is 2. The van der Waals surface area contributed by atoms with Crippen LogP contribution in [-0.4, -0.2) is 41.5 Å². The molecule has 1 fully saturated rings. The highest BCUT2D eigenvalue weighted by atomic mass is 19.1. The van der Waals surface area contributed by atoms with Gasteiger partial charge in [-0.05, 0) is 38.1 Å². The number of ether oxygens (including phenoxy) is 2. The first kappa shape index (κ1) is 19.5. The predicted molar refractivity (Wildman–Crippen MR) is 99.9 cm³/mol. The maximum Gasteiger partial charge on any atom is 0.319 e. The Bertz CT molecular complexity index is 860. The molecule has 28 heavy (non-hydrogen) atoms. The van der Waals surface area contributed by atoms with Crippen LogP contribution in [0.15, 0.2) is 30.5 Å². The molecule has 2 aromatic rings. The van der Waals surface area contributed by atoms with Gasteiger partial charge in [-0.1, -0.05) is 0 Å². The van der Waals surface area contributed by atoms with E-state index in [1.165, 1.54) is 35.4 Å². The summed E-state index contributed by atoms with van der Waals surface area (Å²) in [6.45, 7) is 4.57. The van der Waals surface area contributed by atoms with E-state index in [2.05, 4.69) is 15.3 Å². The normalized spacial score (nSPS) is 16.2. The van der Waals surface area contributed by atoms with Gasteiger partial charge in [0.15, 0.2) is 0 Å². The zero-order valence-corrected chi connectivity index (χ0v) is 15.6. The lowest BCUT2D eigenvalue weighted by Crippen LogP contribution is -2.28. The fourth-order valence-corrected chi connectivity index (χ4v) is 2.87. The van der Waals surface area contributed by atoms with Crippen molar-refractivity contribution in [3.8, 4) is 11.9 Å². The van der Waals surface area contributed by atoms with Crippen LogP contribution in [-0.2, 0) is 9.59 Å². The Balaban J connectivity index is 1.71. The summed E-state index contributed by atoms with van der Waals surface area (Å²) in [4.78, 5) is 34.6. The fourth-order valence-electron chi connectivity index (χ4n) is 2.87. The molecular formula is C19H21FN4O4. The topological polar surface area (TPSA) is 93.6 Å². The minimum absolute atomic E-state index is 0.0606. The molecule has 0 radical (unpaired) electrons. The van der Waals surface area contributed by atoms with Crippen molar-refractivity contribution in [2.45, 2.75) is 20.3 Å². The smallest absolute Gasteiger partial charge is 0.319 e. The highest BCUT2D eigenvalue weighted by Crippen LogP contribution is 2.28. The summed E-state index contributed by atoms with van der Waals surface area (Å²) in [5, 5.41) is 2.72. The van der Waals surface area contributed by atoms with E-state index in [-0.39, 0.29) is 42.5 Å². The summed E-state index contributed by atoms with van der Waals surface area (Å²) < 4.78 is 23.8. The van der Waals surface area contributed by atoms with Gasteiger partial charge >= 0.3 is 6.01 Å². The zero-order chi connectivity index (χ0) is 20.1. The Kier molecular flexibility index (Phi) is 6.03. The Hall–Kier alpha value is -3.23. The van der Waals surface area contributed by atoms with Crippen molar-refractivity contribution in [1.82, 2.24) is 9.97 Å². The molecule has 1 aliphatic heterocycles. The van der Waals surface area contributed by atoms with Crippen LogP contribution in [0, 0.1) is 11.7 Å². The highest BCUT2D eigenvalue weighted by molar-refractivity contribution is 6.03. The number of hydrogen-bond acceptors (Lipinski definition) is 6. The van der Waals surface area contributed by atoms with E-state index in [0.29, 0.717) is 24.6 Å². The van der Waals surface area contributed by atoms with Crippen LogP contribution in [0.3, 0.4) is 0 Å². The summed E-state index contributed by atoms with van der Waals surface area (Å²) in [6.07, 6.45) is 1.47. The summed E-state index contributed by atoms with van der Waals surface area (Å²) in [7, 11) is 0. The first-order valence-electron chi connectivity index (χ1n) is 9.01. The number of anilines is 2. The van der Waals surface area contributed by atoms with Crippen molar-refractivity contribution in [3.05, 3.63) is 36.3 Å². The lowest BCUT2D eigenvalue weighted by Gasteiger charge is -2.17. The summed E-state index contributed by atoms with van der Waals surface area (Å²) in [5.74, 6) is -1.28. The Morgan fingerprint density at radius 1 is 1.25 bits per heavy atom. The largest absolute Gasteiger partial charge is 0.476 e. The molecule has 1 aromatic carbocycles. The molecule has 2 amide bonds. The van der Waals surface area contributed by atoms with Gasteiger partial charge in [0.25, 0.3) is 0 Å². The summed E-state index contributed by atoms with van der Waals surface area (Å²) in [6, 6.07) is 5.74. The van der Waals surface area contributed by atoms with E-state index in [1.807, 2.05) is 6.92 Å². The molecule has 1 aliphatic rings. The molecule has 1 unspecified atom stereocenters. The van der Waals surface area contributed by atoms with E-state index in [9.17, 15) is 14.0 Å². The molecule has 8 nitrogen and oxygen atoms in total. The monoisotopic (exact) mass is 388 g/mol. The molecule has 0 spiro atoms. The van der Waals surface area contributed by atoms with E-state index < -0.39 is 5.92 Å². The molecule has 0 aliphatic carbocycles. The third-order valence-corrected chi connectivity index (χ3v) is 4.18. The fraction of sp³-hybridized carbons (Fsp3) is 0.368. The molecular weight excluding hydrogens is 367 g/mol. The Labute approximate surface area is 161 Å². The van der Waals surface area contributed by atoms with Crippen LogP contribution < -0.4 is 19.7 Å². The number of benzene rings is 1. The molecule has 1 aromatic heterocycles. The number of carbonyl (C=O) groups excluding carboxylic acids is 2. The number of rotatable bonds is 7. The van der Waals surface area contributed by atoms with Gasteiger partial charge < -0.3 is 19.7 Å². The van der Waals surface area contributed by atoms with Crippen molar-refractivity contribution in [2.75, 3.05) is 30.0 Å². The van der Waals surface area contributed by atoms with E-state index in [0.717, 1.165) is 0 Å². The van der Waals surface area contributed by atoms with Crippen LogP contribution in [0.1, 0.15) is 20.3 Å². The van der Waals surface area contributed by atoms with Gasteiger partial charge in [-0.25, -0.2) is 9.37 Å². The maximum atomic E-state index is 13.1. The molecule has 0 saturated carbocycles. The highest BCUT2D eigenvalue weighted by Gasteiger charge is 2.35. The SMILES string of the molecule is CCOc1ncc(NC(=O)C2CC(=O)N(c3ccc(F)cc3)C2)c(OCC)n1. The van der Waals surface area contributed by atoms with Crippen molar-refractivity contribution in [2.24, 2.45) is 5.92 Å². The number of nitrogens with one attached hydrogen (secondary N) is 1. The average Bonchev–Trinajstić information content (AvgIpc) is 3.07. The number of hydrogen-bond donors (Lipinski definition) is 1. The number of halogens is 1. The van der Waals surface area contributed by atoms with Crippen LogP contribution in [0.4, 0.5) is 15.8 Å². The van der Waals surface area contributed by atoms with E-state index in [1.54, 1.807) is 6.92 Å². The number of carbonyl (C=O) groups is 2. The minimum Gasteiger partial charge on any atom is -0.476 e. The Morgan fingerprint density at radius 2 is 1.96 bits per heavy atom. The number of amides is 2. The third kappa shape index (κ3) is 4.36. The molecule has 1 atom stereocenters. The second-order valence-electron chi connectivity index (χ2n) is 6.11. The van der Waals surface area contributed by atoms with Gasteiger partial charge in [0.1, 0.15) is 11.5 Å². The summed E-state index contributed by atoms with van der Waals surface area (Å²) in [5.41, 5.74) is 0.865. The van der Waals surface area contributed by atoms with Crippen LogP contribution in [0.2, 0.25) is 0 Å². The van der Waals surface area contributed by atoms with Crippen molar-refractivity contribution >= 4 is 23.2 Å². The van der Waals surface area contributed by atoms with Crippen molar-refractivity contribution in [1.29, 1.82) is 0 Å². The predicted octanol–water partition coefficient (Wildman–Crippen LogP) is 2.40. The quantitative estimate of drug-likeness (QED) is 0.783. The van der Waals surface area contributed by atoms with E-state index >= 15 is 0 Å². The van der Waals surface area contributed by atoms with Gasteiger partial charge in [0.2, 0.25) is 17.7 Å². The second-order valence-corrected chi connectivity index (χ2v) is 6.11. The Morgan fingerprint density at radius 3 is 2.64 bits per heavy atom. The zero-order valence-electron chi connectivity index (χ0n) is 15.6. The molecule has 9 heteroatoms. The third-order valence-electron chi connectivity index (χ3n) is 4.18. The molecule has 1 N–H and O–H groups in total.